The Morgan fingerprint density at radius 3 is 2.68 bits per heavy atom. The van der Waals surface area contributed by atoms with E-state index in [0.29, 0.717) is 0 Å². The highest BCUT2D eigenvalue weighted by atomic mass is 35.5. The number of rotatable bonds is 3. The van der Waals surface area contributed by atoms with E-state index in [0.717, 1.165) is 21.8 Å². The lowest BCUT2D eigenvalue weighted by molar-refractivity contribution is -0.147. The van der Waals surface area contributed by atoms with Crippen LogP contribution in [0.5, 0.6) is 0 Å². The number of carbonyl (C=O) groups excluding carboxylic acids is 1. The Morgan fingerprint density at radius 1 is 1.29 bits per heavy atom. The number of nitrogens with one attached hydrogen (secondary N) is 1. The summed E-state index contributed by atoms with van der Waals surface area (Å²) in [6.45, 7) is -1.30. The van der Waals surface area contributed by atoms with Crippen LogP contribution < -0.4 is 10.2 Å². The van der Waals surface area contributed by atoms with Crippen molar-refractivity contribution in [3.8, 4) is 0 Å². The quantitative estimate of drug-likeness (QED) is 0.534. The number of aromatic nitrogens is 4. The van der Waals surface area contributed by atoms with Gasteiger partial charge in [0.2, 0.25) is 0 Å². The lowest BCUT2D eigenvalue weighted by Gasteiger charge is -2.19. The molecule has 14 heteroatoms. The summed E-state index contributed by atoms with van der Waals surface area (Å²) in [7, 11) is 0. The Kier molecular flexibility index (Phi) is 5.41. The lowest BCUT2D eigenvalue weighted by atomic mass is 10.1. The molecule has 2 atom stereocenters. The molecule has 0 saturated heterocycles. The van der Waals surface area contributed by atoms with E-state index in [4.69, 9.17) is 28.3 Å². The molecule has 2 amide bonds. The van der Waals surface area contributed by atoms with Crippen LogP contribution in [0.4, 0.5) is 29.3 Å². The third-order valence-corrected chi connectivity index (χ3v) is 5.19. The van der Waals surface area contributed by atoms with Crippen LogP contribution in [0, 0.1) is 0 Å². The van der Waals surface area contributed by atoms with Gasteiger partial charge < -0.3 is 15.5 Å². The number of amides is 2. The number of aliphatic hydroxyl groups excluding tert-OH is 2. The van der Waals surface area contributed by atoms with Crippen LogP contribution in [-0.2, 0) is 0 Å². The predicted molar refractivity (Wildman–Crippen MR) is 104 cm³/mol. The molecular formula is C17H13Cl2F3N6O3. The van der Waals surface area contributed by atoms with Gasteiger partial charge in [0.15, 0.2) is 10.8 Å². The first kappa shape index (κ1) is 21.6. The number of hydrogen-bond acceptors (Lipinski definition) is 6. The van der Waals surface area contributed by atoms with Gasteiger partial charge in [-0.1, -0.05) is 23.2 Å². The average Bonchev–Trinajstić information content (AvgIpc) is 3.27. The zero-order chi connectivity index (χ0) is 22.5. The molecule has 3 aromatic heterocycles. The minimum atomic E-state index is -4.65. The van der Waals surface area contributed by atoms with E-state index in [1.54, 1.807) is 0 Å². The lowest BCUT2D eigenvalue weighted by Crippen LogP contribution is -2.36. The minimum absolute atomic E-state index is 0.00651. The van der Waals surface area contributed by atoms with E-state index < -0.39 is 37.4 Å². The molecule has 9 nitrogen and oxygen atoms in total. The highest BCUT2D eigenvalue weighted by molar-refractivity contribution is 6.31. The number of hydrogen-bond donors (Lipinski definition) is 3. The zero-order valence-electron chi connectivity index (χ0n) is 15.3. The van der Waals surface area contributed by atoms with E-state index >= 15 is 0 Å². The smallest absolute Gasteiger partial charge is 0.393 e. The van der Waals surface area contributed by atoms with Crippen molar-refractivity contribution in [3.63, 3.8) is 0 Å². The minimum Gasteiger partial charge on any atom is -0.393 e. The monoisotopic (exact) mass is 476 g/mol. The van der Waals surface area contributed by atoms with Crippen molar-refractivity contribution in [3.05, 3.63) is 46.1 Å². The largest absolute Gasteiger partial charge is 0.399 e. The molecule has 1 aliphatic heterocycles. The van der Waals surface area contributed by atoms with Crippen molar-refractivity contribution >= 4 is 46.3 Å². The first-order valence-corrected chi connectivity index (χ1v) is 9.49. The van der Waals surface area contributed by atoms with Crippen LogP contribution in [0.3, 0.4) is 0 Å². The maximum Gasteiger partial charge on any atom is 0.399 e. The van der Waals surface area contributed by atoms with Gasteiger partial charge in [-0.05, 0) is 6.07 Å². The third-order valence-electron chi connectivity index (χ3n) is 4.71. The van der Waals surface area contributed by atoms with Crippen molar-refractivity contribution in [2.45, 2.75) is 18.2 Å². The van der Waals surface area contributed by atoms with Gasteiger partial charge in [-0.2, -0.15) is 18.3 Å². The number of anilines is 2. The molecule has 4 heterocycles. The average molecular weight is 477 g/mol. The Balaban J connectivity index is 1.67. The summed E-state index contributed by atoms with van der Waals surface area (Å²) >= 11 is 11.8. The van der Waals surface area contributed by atoms with Gasteiger partial charge in [0.05, 0.1) is 46.8 Å². The molecule has 164 valence electrons. The Labute approximate surface area is 182 Å². The third kappa shape index (κ3) is 3.87. The van der Waals surface area contributed by atoms with E-state index in [1.807, 2.05) is 0 Å². The summed E-state index contributed by atoms with van der Waals surface area (Å²) in [6, 6.07) is 1.70. The highest BCUT2D eigenvalue weighted by Gasteiger charge is 2.50. The molecule has 3 aromatic rings. The van der Waals surface area contributed by atoms with Gasteiger partial charge in [0, 0.05) is 12.6 Å². The van der Waals surface area contributed by atoms with Crippen molar-refractivity contribution in [1.29, 1.82) is 0 Å². The number of urea groups is 1. The molecule has 3 N–H and O–H groups in total. The second-order valence-electron chi connectivity index (χ2n) is 6.69. The molecule has 0 radical (unpaired) electrons. The fourth-order valence-electron chi connectivity index (χ4n) is 3.31. The number of fused-ring (bicyclic) bond motifs is 3. The topological polar surface area (TPSA) is 116 Å². The molecule has 0 bridgehead atoms. The molecule has 0 saturated carbocycles. The number of alkyl halides is 3. The van der Waals surface area contributed by atoms with Gasteiger partial charge in [0.1, 0.15) is 12.0 Å². The molecule has 0 spiro atoms. The first-order valence-electron chi connectivity index (χ1n) is 8.74. The summed E-state index contributed by atoms with van der Waals surface area (Å²) < 4.78 is 42.1. The highest BCUT2D eigenvalue weighted by Crippen LogP contribution is 2.45. The fourth-order valence-corrected chi connectivity index (χ4v) is 3.77. The van der Waals surface area contributed by atoms with Crippen molar-refractivity contribution < 1.29 is 28.2 Å². The van der Waals surface area contributed by atoms with Crippen molar-refractivity contribution in [2.75, 3.05) is 23.4 Å². The van der Waals surface area contributed by atoms with Gasteiger partial charge in [-0.25, -0.2) is 14.3 Å². The van der Waals surface area contributed by atoms with Crippen LogP contribution in [-0.4, -0.2) is 55.2 Å². The van der Waals surface area contributed by atoms with E-state index in [1.165, 1.54) is 12.1 Å². The summed E-state index contributed by atoms with van der Waals surface area (Å²) in [5.74, 6) is -2.00. The normalized spacial score (nSPS) is 17.1. The number of nitrogens with zero attached hydrogens (tertiary/aromatic N) is 5. The summed E-state index contributed by atoms with van der Waals surface area (Å²) in [5, 5.41) is 24.8. The summed E-state index contributed by atoms with van der Waals surface area (Å²) in [6.07, 6.45) is -3.65. The SMILES string of the molecule is O=C(Nc1cnc(C(O)CO)c(Cl)c1)N1CC(C(F)(F)F)c2c1cnc1cc(Cl)nn21. The molecule has 2 unspecified atom stereocenters. The Morgan fingerprint density at radius 2 is 2.03 bits per heavy atom. The fraction of sp³-hybridized carbons (Fsp3) is 0.294. The molecule has 0 aromatic carbocycles. The van der Waals surface area contributed by atoms with Gasteiger partial charge in [-0.3, -0.25) is 9.88 Å². The van der Waals surface area contributed by atoms with Crippen LogP contribution in [0.25, 0.3) is 5.65 Å². The van der Waals surface area contributed by atoms with Crippen LogP contribution in [0.1, 0.15) is 23.4 Å². The first-order chi connectivity index (χ1) is 14.6. The van der Waals surface area contributed by atoms with Crippen LogP contribution >= 0.6 is 23.2 Å². The number of pyridine rings is 1. The van der Waals surface area contributed by atoms with E-state index in [2.05, 4.69) is 20.4 Å². The van der Waals surface area contributed by atoms with Crippen LogP contribution in [0.2, 0.25) is 10.2 Å². The molecule has 0 fully saturated rings. The molecule has 0 aliphatic carbocycles. The molecule has 1 aliphatic rings. The number of halogens is 5. The van der Waals surface area contributed by atoms with Crippen molar-refractivity contribution in [1.82, 2.24) is 19.6 Å². The maximum absolute atomic E-state index is 13.7. The summed E-state index contributed by atoms with van der Waals surface area (Å²) in [5.41, 5.74) is -0.130. The zero-order valence-corrected chi connectivity index (χ0v) is 16.8. The molecular weight excluding hydrogens is 464 g/mol. The molecule has 31 heavy (non-hydrogen) atoms. The predicted octanol–water partition coefficient (Wildman–Crippen LogP) is 3.15. The second-order valence-corrected chi connectivity index (χ2v) is 7.48. The van der Waals surface area contributed by atoms with Gasteiger partial charge >= 0.3 is 12.2 Å². The van der Waals surface area contributed by atoms with E-state index in [-0.39, 0.29) is 38.6 Å². The van der Waals surface area contributed by atoms with Gasteiger partial charge in [-0.15, -0.1) is 0 Å². The number of carbonyl (C=O) groups is 1. The molecule has 4 rings (SSSR count). The Bertz CT molecular complexity index is 1170. The second kappa shape index (κ2) is 7.79. The standard InChI is InChI=1S/C17H13Cl2F3N6O3/c18-9-1-7(3-24-14(9)11(30)6-29)25-16(31)27-5-8(17(20,21)22)15-10(27)4-23-13-2-12(19)26-28(13)15/h1-4,8,11,29-30H,5-6H2,(H,25,31). The maximum atomic E-state index is 13.7. The van der Waals surface area contributed by atoms with Crippen LogP contribution in [0.15, 0.2) is 24.5 Å². The number of aliphatic hydroxyl groups is 2. The Hall–Kier alpha value is -2.67. The van der Waals surface area contributed by atoms with Crippen molar-refractivity contribution in [2.24, 2.45) is 0 Å². The van der Waals surface area contributed by atoms with Gasteiger partial charge in [0.25, 0.3) is 0 Å². The van der Waals surface area contributed by atoms with E-state index in [9.17, 15) is 23.1 Å². The summed E-state index contributed by atoms with van der Waals surface area (Å²) in [4.78, 5) is 21.6.